The largest absolute Gasteiger partial charge is 0.497 e. The third-order valence-corrected chi connectivity index (χ3v) is 6.61. The Hall–Kier alpha value is -3.93. The maximum atomic E-state index is 13.6. The number of para-hydroxylation sites is 1. The van der Waals surface area contributed by atoms with Crippen LogP contribution in [0.2, 0.25) is 0 Å². The Morgan fingerprint density at radius 2 is 1.82 bits per heavy atom. The van der Waals surface area contributed by atoms with Gasteiger partial charge in [0.2, 0.25) is 0 Å². The highest BCUT2D eigenvalue weighted by molar-refractivity contribution is 6.17. The van der Waals surface area contributed by atoms with E-state index in [2.05, 4.69) is 29.2 Å². The molecule has 164 valence electrons. The lowest BCUT2D eigenvalue weighted by Gasteiger charge is -2.24. The second-order valence-corrected chi connectivity index (χ2v) is 8.55. The van der Waals surface area contributed by atoms with Gasteiger partial charge < -0.3 is 9.64 Å². The van der Waals surface area contributed by atoms with Gasteiger partial charge >= 0.3 is 0 Å². The molecular weight excluding hydrogens is 412 g/mol. The third kappa shape index (κ3) is 3.13. The molecule has 0 radical (unpaired) electrons. The van der Waals surface area contributed by atoms with Crippen molar-refractivity contribution in [2.45, 2.75) is 19.5 Å². The van der Waals surface area contributed by atoms with Gasteiger partial charge in [-0.05, 0) is 43.2 Å². The highest BCUT2D eigenvalue weighted by Crippen LogP contribution is 2.40. The van der Waals surface area contributed by atoms with Crippen molar-refractivity contribution in [2.24, 2.45) is 4.99 Å². The predicted molar refractivity (Wildman–Crippen MR) is 131 cm³/mol. The highest BCUT2D eigenvalue weighted by atomic mass is 16.5. The van der Waals surface area contributed by atoms with Crippen LogP contribution in [0.4, 0.5) is 5.69 Å². The molecule has 0 bridgehead atoms. The normalized spacial score (nSPS) is 17.0. The van der Waals surface area contributed by atoms with Crippen molar-refractivity contribution in [3.05, 3.63) is 99.6 Å². The molecular formula is C27H24N4O2. The first kappa shape index (κ1) is 19.7. The molecule has 0 N–H and O–H groups in total. The highest BCUT2D eigenvalue weighted by Gasteiger charge is 2.32. The molecule has 1 atom stereocenters. The molecule has 1 aromatic heterocycles. The lowest BCUT2D eigenvalue weighted by molar-refractivity contribution is 0.414. The van der Waals surface area contributed by atoms with E-state index in [1.807, 2.05) is 49.4 Å². The number of aromatic nitrogens is 2. The number of aryl methyl sites for hydroxylation is 1. The van der Waals surface area contributed by atoms with Gasteiger partial charge in [-0.2, -0.15) is 0 Å². The fraction of sp³-hybridized carbons (Fsp3) is 0.222. The van der Waals surface area contributed by atoms with Gasteiger partial charge in [-0.3, -0.25) is 14.4 Å². The Labute approximate surface area is 191 Å². The first-order valence-electron chi connectivity index (χ1n) is 11.2. The number of aliphatic imine (C=N–C) groups is 1. The molecule has 3 heterocycles. The summed E-state index contributed by atoms with van der Waals surface area (Å²) in [6, 6.07) is 21.9. The van der Waals surface area contributed by atoms with E-state index in [1.165, 1.54) is 11.3 Å². The van der Waals surface area contributed by atoms with Gasteiger partial charge in [-0.1, -0.05) is 42.5 Å². The summed E-state index contributed by atoms with van der Waals surface area (Å²) < 4.78 is 7.38. The molecule has 1 unspecified atom stereocenters. The summed E-state index contributed by atoms with van der Waals surface area (Å²) in [5.41, 5.74) is 6.06. The maximum Gasteiger partial charge on any atom is 0.263 e. The van der Waals surface area contributed by atoms with E-state index >= 15 is 0 Å². The summed E-state index contributed by atoms with van der Waals surface area (Å²) >= 11 is 0. The van der Waals surface area contributed by atoms with Crippen LogP contribution >= 0.6 is 0 Å². The number of fused-ring (bicyclic) bond motifs is 1. The summed E-state index contributed by atoms with van der Waals surface area (Å²) in [7, 11) is 1.70. The number of hydrogen-bond acceptors (Lipinski definition) is 5. The molecule has 6 nitrogen and oxygen atoms in total. The van der Waals surface area contributed by atoms with Gasteiger partial charge in [0, 0.05) is 23.4 Å². The average molecular weight is 437 g/mol. The number of benzene rings is 3. The minimum absolute atomic E-state index is 0.0535. The van der Waals surface area contributed by atoms with E-state index in [9.17, 15) is 4.79 Å². The summed E-state index contributed by atoms with van der Waals surface area (Å²) in [5.74, 6) is 1.50. The molecule has 3 aromatic carbocycles. The van der Waals surface area contributed by atoms with Gasteiger partial charge in [0.05, 0.1) is 30.3 Å². The summed E-state index contributed by atoms with van der Waals surface area (Å²) in [4.78, 5) is 25.9. The molecule has 0 amide bonds. The van der Waals surface area contributed by atoms with Crippen LogP contribution in [0.5, 0.6) is 5.75 Å². The van der Waals surface area contributed by atoms with E-state index in [4.69, 9.17) is 14.7 Å². The summed E-state index contributed by atoms with van der Waals surface area (Å²) in [5, 5.41) is 0.616. The van der Waals surface area contributed by atoms with Crippen LogP contribution in [0.3, 0.4) is 0 Å². The van der Waals surface area contributed by atoms with Crippen LogP contribution < -0.4 is 15.2 Å². The molecule has 2 aliphatic heterocycles. The second-order valence-electron chi connectivity index (χ2n) is 8.55. The molecule has 0 saturated carbocycles. The number of anilines is 1. The molecule has 6 rings (SSSR count). The molecule has 33 heavy (non-hydrogen) atoms. The fourth-order valence-corrected chi connectivity index (χ4v) is 5.11. The molecule has 0 fully saturated rings. The van der Waals surface area contributed by atoms with Crippen LogP contribution in [-0.2, 0) is 6.42 Å². The summed E-state index contributed by atoms with van der Waals surface area (Å²) in [6.45, 7) is 3.39. The maximum absolute atomic E-state index is 13.6. The van der Waals surface area contributed by atoms with Crippen molar-refractivity contribution >= 4 is 22.3 Å². The van der Waals surface area contributed by atoms with E-state index < -0.39 is 6.17 Å². The molecule has 0 saturated heterocycles. The topological polar surface area (TPSA) is 59.7 Å². The van der Waals surface area contributed by atoms with Gasteiger partial charge in [0.25, 0.3) is 5.56 Å². The van der Waals surface area contributed by atoms with Crippen molar-refractivity contribution in [1.82, 2.24) is 9.55 Å². The standard InChI is InChI=1S/C27H24N4O2/c1-17-28-23-11-7-6-10-21(23)27(32)31(17)24-16-30-13-12-19-14-20(33-2)15-22(26(19)30)25(29-24)18-8-4-3-5-9-18/h3-11,14-15,24H,12-13,16H2,1-2H3. The number of nitrogens with zero attached hydrogens (tertiary/aromatic N) is 4. The Balaban J connectivity index is 1.62. The molecule has 2 aliphatic rings. The minimum Gasteiger partial charge on any atom is -0.497 e. The smallest absolute Gasteiger partial charge is 0.263 e. The second kappa shape index (κ2) is 7.59. The molecule has 6 heteroatoms. The predicted octanol–water partition coefficient (Wildman–Crippen LogP) is 4.13. The van der Waals surface area contributed by atoms with Crippen LogP contribution in [0.1, 0.15) is 28.7 Å². The van der Waals surface area contributed by atoms with Crippen molar-refractivity contribution in [2.75, 3.05) is 25.1 Å². The average Bonchev–Trinajstić information content (AvgIpc) is 3.16. The van der Waals surface area contributed by atoms with E-state index in [0.717, 1.165) is 35.6 Å². The zero-order chi connectivity index (χ0) is 22.5. The van der Waals surface area contributed by atoms with Gasteiger partial charge in [-0.25, -0.2) is 4.98 Å². The lowest BCUT2D eigenvalue weighted by atomic mass is 9.97. The Bertz CT molecular complexity index is 1470. The van der Waals surface area contributed by atoms with Crippen molar-refractivity contribution in [3.63, 3.8) is 0 Å². The monoisotopic (exact) mass is 436 g/mol. The molecule has 0 spiro atoms. The Kier molecular flexibility index (Phi) is 4.54. The Morgan fingerprint density at radius 1 is 1.03 bits per heavy atom. The lowest BCUT2D eigenvalue weighted by Crippen LogP contribution is -2.35. The van der Waals surface area contributed by atoms with Gasteiger partial charge in [0.1, 0.15) is 17.7 Å². The first-order valence-corrected chi connectivity index (χ1v) is 11.2. The van der Waals surface area contributed by atoms with Crippen LogP contribution in [0, 0.1) is 6.92 Å². The van der Waals surface area contributed by atoms with Gasteiger partial charge in [0.15, 0.2) is 0 Å². The number of rotatable bonds is 3. The minimum atomic E-state index is -0.394. The van der Waals surface area contributed by atoms with Gasteiger partial charge in [-0.15, -0.1) is 0 Å². The van der Waals surface area contributed by atoms with Crippen LogP contribution in [-0.4, -0.2) is 35.5 Å². The van der Waals surface area contributed by atoms with Crippen molar-refractivity contribution < 1.29 is 4.74 Å². The van der Waals surface area contributed by atoms with Crippen LogP contribution in [0.15, 0.2) is 76.5 Å². The third-order valence-electron chi connectivity index (χ3n) is 6.61. The van der Waals surface area contributed by atoms with Crippen LogP contribution in [0.25, 0.3) is 10.9 Å². The number of ether oxygens (including phenoxy) is 1. The van der Waals surface area contributed by atoms with E-state index in [-0.39, 0.29) is 5.56 Å². The summed E-state index contributed by atoms with van der Waals surface area (Å²) in [6.07, 6.45) is 0.548. The van der Waals surface area contributed by atoms with Crippen molar-refractivity contribution in [1.29, 1.82) is 0 Å². The quantitative estimate of drug-likeness (QED) is 0.485. The fourth-order valence-electron chi connectivity index (χ4n) is 5.11. The molecule has 4 aromatic rings. The SMILES string of the molecule is COc1cc2c3c(c1)C(c1ccccc1)=NC(n1c(C)nc4ccccc4c1=O)CN3CC2. The zero-order valence-electron chi connectivity index (χ0n) is 18.7. The van der Waals surface area contributed by atoms with E-state index in [1.54, 1.807) is 11.7 Å². The zero-order valence-corrected chi connectivity index (χ0v) is 18.7. The number of methoxy groups -OCH3 is 1. The van der Waals surface area contributed by atoms with Crippen molar-refractivity contribution in [3.8, 4) is 5.75 Å². The number of hydrogen-bond donors (Lipinski definition) is 0. The molecule has 0 aliphatic carbocycles. The van der Waals surface area contributed by atoms with E-state index in [0.29, 0.717) is 23.3 Å². The first-order chi connectivity index (χ1) is 16.1. The Morgan fingerprint density at radius 3 is 2.64 bits per heavy atom.